The van der Waals surface area contributed by atoms with E-state index < -0.39 is 83.3 Å². The molecule has 0 aliphatic carbocycles. The van der Waals surface area contributed by atoms with Gasteiger partial charge >= 0.3 is 0 Å². The molecule has 2 aromatic rings. The van der Waals surface area contributed by atoms with Crippen molar-refractivity contribution in [3.8, 4) is 11.5 Å². The number of rotatable bonds is 12. The van der Waals surface area contributed by atoms with Gasteiger partial charge in [0.1, 0.15) is 21.3 Å². The van der Waals surface area contributed by atoms with Crippen molar-refractivity contribution >= 4 is 53.1 Å². The lowest BCUT2D eigenvalue weighted by atomic mass is 10.2. The summed E-state index contributed by atoms with van der Waals surface area (Å²) in [4.78, 5) is 22.2. The van der Waals surface area contributed by atoms with Gasteiger partial charge in [0.25, 0.3) is 0 Å². The lowest BCUT2D eigenvalue weighted by Crippen LogP contribution is -2.49. The van der Waals surface area contributed by atoms with Crippen LogP contribution < -0.4 is 24.8 Å². The number of aliphatic hydroxyl groups is 1. The number of benzene rings is 2. The Balaban J connectivity index is 2.00. The highest BCUT2D eigenvalue weighted by Gasteiger charge is 2.45. The van der Waals surface area contributed by atoms with Crippen LogP contribution in [-0.2, 0) is 39.5 Å². The largest absolute Gasteiger partial charge is 0.495 e. The summed E-state index contributed by atoms with van der Waals surface area (Å²) >= 11 is 0. The Labute approximate surface area is 244 Å². The predicted octanol–water partition coefficient (Wildman–Crippen LogP) is -0.252. The number of sulfonamides is 2. The van der Waals surface area contributed by atoms with E-state index in [9.17, 15) is 39.9 Å². The van der Waals surface area contributed by atoms with E-state index in [0.29, 0.717) is 4.31 Å². The first kappa shape index (κ1) is 33.2. The molecule has 1 heterocycles. The third kappa shape index (κ3) is 7.75. The number of ether oxygens (including phenoxy) is 2. The smallest absolute Gasteiger partial charge is 0.247 e. The van der Waals surface area contributed by atoms with E-state index in [2.05, 4.69) is 15.4 Å². The van der Waals surface area contributed by atoms with Crippen molar-refractivity contribution in [1.29, 1.82) is 0 Å². The molecule has 18 heteroatoms. The van der Waals surface area contributed by atoms with Gasteiger partial charge in [0, 0.05) is 38.3 Å². The van der Waals surface area contributed by atoms with Crippen LogP contribution in [-0.4, -0.2) is 97.4 Å². The SMILES string of the molecule is COc1ccc(NC(C)=O)cc1S(=O)(=O)NCCN([C@H]1CS(=O)(=O)C[C@@H]1O)S(=O)(=O)c1cc(NC(C)=O)ccc1OC. The number of sulfone groups is 1. The quantitative estimate of drug-likeness (QED) is 0.235. The zero-order valence-electron chi connectivity index (χ0n) is 23.1. The first-order valence-corrected chi connectivity index (χ1v) is 17.1. The minimum absolute atomic E-state index is 0.0575. The van der Waals surface area contributed by atoms with Gasteiger partial charge in [-0.25, -0.2) is 30.0 Å². The lowest BCUT2D eigenvalue weighted by molar-refractivity contribution is -0.115. The van der Waals surface area contributed by atoms with Crippen LogP contribution in [0.5, 0.6) is 11.5 Å². The van der Waals surface area contributed by atoms with E-state index in [1.54, 1.807) is 0 Å². The van der Waals surface area contributed by atoms with Gasteiger partial charge < -0.3 is 25.2 Å². The molecule has 0 bridgehead atoms. The molecule has 0 unspecified atom stereocenters. The van der Waals surface area contributed by atoms with Gasteiger partial charge in [-0.05, 0) is 36.4 Å². The molecule has 0 saturated carbocycles. The first-order valence-electron chi connectivity index (χ1n) is 12.3. The minimum Gasteiger partial charge on any atom is -0.495 e. The monoisotopic (exact) mass is 648 g/mol. The molecule has 2 atom stereocenters. The van der Waals surface area contributed by atoms with Crippen LogP contribution in [0.3, 0.4) is 0 Å². The number of carbonyl (C=O) groups excluding carboxylic acids is 2. The molecule has 0 spiro atoms. The second-order valence-electron chi connectivity index (χ2n) is 9.32. The van der Waals surface area contributed by atoms with Gasteiger partial charge in [-0.15, -0.1) is 0 Å². The topological polar surface area (TPSA) is 215 Å². The van der Waals surface area contributed by atoms with Gasteiger partial charge in [0.15, 0.2) is 9.84 Å². The van der Waals surface area contributed by atoms with Gasteiger partial charge in [-0.3, -0.25) is 9.59 Å². The van der Waals surface area contributed by atoms with Crippen LogP contribution in [0.15, 0.2) is 46.2 Å². The number of hydrogen-bond donors (Lipinski definition) is 4. The second-order valence-corrected chi connectivity index (χ2v) is 15.1. The number of nitrogens with zero attached hydrogens (tertiary/aromatic N) is 1. The molecular weight excluding hydrogens is 616 g/mol. The Kier molecular flexibility index (Phi) is 10.2. The zero-order valence-corrected chi connectivity index (χ0v) is 25.6. The summed E-state index contributed by atoms with van der Waals surface area (Å²) in [6, 6.07) is 6.26. The molecular formula is C24H32N4O11S3. The Morgan fingerprint density at radius 3 is 1.86 bits per heavy atom. The van der Waals surface area contributed by atoms with Crippen molar-refractivity contribution in [2.45, 2.75) is 35.8 Å². The maximum absolute atomic E-state index is 14.0. The maximum atomic E-state index is 14.0. The Bertz CT molecular complexity index is 1680. The van der Waals surface area contributed by atoms with E-state index in [1.165, 1.54) is 52.3 Å². The third-order valence-corrected chi connectivity index (χ3v) is 11.3. The summed E-state index contributed by atoms with van der Waals surface area (Å²) in [6.45, 7) is 1.31. The van der Waals surface area contributed by atoms with Crippen molar-refractivity contribution < 1.29 is 49.4 Å². The average molecular weight is 649 g/mol. The predicted molar refractivity (Wildman–Crippen MR) is 152 cm³/mol. The number of nitrogens with one attached hydrogen (secondary N) is 3. The Morgan fingerprint density at radius 1 is 0.905 bits per heavy atom. The fourth-order valence-corrected chi connectivity index (χ4v) is 9.32. The summed E-state index contributed by atoms with van der Waals surface area (Å²) in [5.41, 5.74) is 0.270. The van der Waals surface area contributed by atoms with Gasteiger partial charge in [0.05, 0.1) is 37.9 Å². The number of aliphatic hydroxyl groups excluding tert-OH is 1. The number of methoxy groups -OCH3 is 2. The molecule has 2 amide bonds. The highest BCUT2D eigenvalue weighted by molar-refractivity contribution is 7.92. The molecule has 1 saturated heterocycles. The second kappa shape index (κ2) is 12.9. The van der Waals surface area contributed by atoms with Gasteiger partial charge in [-0.1, -0.05) is 0 Å². The highest BCUT2D eigenvalue weighted by atomic mass is 32.2. The molecule has 15 nitrogen and oxygen atoms in total. The van der Waals surface area contributed by atoms with Crippen LogP contribution in [0.1, 0.15) is 13.8 Å². The Hall–Kier alpha value is -3.29. The van der Waals surface area contributed by atoms with Gasteiger partial charge in [-0.2, -0.15) is 4.31 Å². The fourth-order valence-electron chi connectivity index (χ4n) is 4.37. The molecule has 0 aromatic heterocycles. The van der Waals surface area contributed by atoms with Crippen LogP contribution in [0.25, 0.3) is 0 Å². The van der Waals surface area contributed by atoms with Gasteiger partial charge in [0.2, 0.25) is 31.9 Å². The van der Waals surface area contributed by atoms with Crippen molar-refractivity contribution in [3.05, 3.63) is 36.4 Å². The average Bonchev–Trinajstić information content (AvgIpc) is 3.16. The molecule has 42 heavy (non-hydrogen) atoms. The van der Waals surface area contributed by atoms with Crippen LogP contribution in [0, 0.1) is 0 Å². The molecule has 1 aliphatic rings. The Morgan fingerprint density at radius 2 is 1.40 bits per heavy atom. The molecule has 2 aromatic carbocycles. The fraction of sp³-hybridized carbons (Fsp3) is 0.417. The number of amides is 2. The number of anilines is 2. The molecule has 232 valence electrons. The van der Waals surface area contributed by atoms with E-state index in [1.807, 2.05) is 0 Å². The van der Waals surface area contributed by atoms with Crippen molar-refractivity contribution in [1.82, 2.24) is 9.03 Å². The standard InChI is InChI=1S/C24H32N4O11S3/c1-15(29)26-17-5-7-21(38-3)23(11-17)41(34,35)25-9-10-28(19-13-40(32,33)14-20(19)31)42(36,37)24-12-18(27-16(2)30)6-8-22(24)39-4/h5-8,11-12,19-20,25,31H,9-10,13-14H2,1-4H3,(H,26,29)(H,27,30)/t19-,20-/m0/s1. The molecule has 3 rings (SSSR count). The summed E-state index contributed by atoms with van der Waals surface area (Å²) in [5.74, 6) is -2.51. The number of hydrogen-bond acceptors (Lipinski definition) is 11. The van der Waals surface area contributed by atoms with Crippen molar-refractivity contribution in [2.24, 2.45) is 0 Å². The van der Waals surface area contributed by atoms with E-state index in [-0.39, 0.29) is 27.8 Å². The van der Waals surface area contributed by atoms with Crippen molar-refractivity contribution in [3.63, 3.8) is 0 Å². The maximum Gasteiger partial charge on any atom is 0.247 e. The van der Waals surface area contributed by atoms with Crippen LogP contribution >= 0.6 is 0 Å². The highest BCUT2D eigenvalue weighted by Crippen LogP contribution is 2.33. The molecule has 0 radical (unpaired) electrons. The van der Waals surface area contributed by atoms with E-state index >= 15 is 0 Å². The summed E-state index contributed by atoms with van der Waals surface area (Å²) in [7, 11) is -10.4. The zero-order chi connectivity index (χ0) is 31.5. The minimum atomic E-state index is -4.66. The summed E-state index contributed by atoms with van der Waals surface area (Å²) in [6.07, 6.45) is -1.60. The first-order chi connectivity index (χ1) is 19.5. The van der Waals surface area contributed by atoms with E-state index in [4.69, 9.17) is 9.47 Å². The van der Waals surface area contributed by atoms with Crippen LogP contribution in [0.2, 0.25) is 0 Å². The molecule has 1 aliphatic heterocycles. The summed E-state index contributed by atoms with van der Waals surface area (Å²) < 4.78 is 92.2. The summed E-state index contributed by atoms with van der Waals surface area (Å²) in [5, 5.41) is 15.5. The lowest BCUT2D eigenvalue weighted by Gasteiger charge is -2.30. The van der Waals surface area contributed by atoms with Crippen molar-refractivity contribution in [2.75, 3.05) is 49.4 Å². The van der Waals surface area contributed by atoms with Crippen LogP contribution in [0.4, 0.5) is 11.4 Å². The molecule has 1 fully saturated rings. The normalized spacial score (nSPS) is 18.4. The number of carbonyl (C=O) groups is 2. The molecule has 4 N–H and O–H groups in total. The van der Waals surface area contributed by atoms with E-state index in [0.717, 1.165) is 12.1 Å². The third-order valence-electron chi connectivity index (χ3n) is 6.13.